The molecule has 1 aromatic carbocycles. The summed E-state index contributed by atoms with van der Waals surface area (Å²) < 4.78 is 19.6. The van der Waals surface area contributed by atoms with E-state index in [-0.39, 0.29) is 24.3 Å². The second-order valence-electron chi connectivity index (χ2n) is 6.35. The first-order valence-electron chi connectivity index (χ1n) is 7.45. The Hall–Kier alpha value is -0.680. The molecule has 2 heterocycles. The van der Waals surface area contributed by atoms with Gasteiger partial charge in [-0.15, -0.1) is 12.4 Å². The number of ether oxygens (including phenoxy) is 1. The van der Waals surface area contributed by atoms with Gasteiger partial charge in [-0.3, -0.25) is 4.90 Å². The minimum absolute atomic E-state index is 0. The van der Waals surface area contributed by atoms with Gasteiger partial charge in [0.15, 0.2) is 0 Å². The van der Waals surface area contributed by atoms with Gasteiger partial charge in [-0.05, 0) is 24.4 Å². The topological polar surface area (TPSA) is 24.5 Å². The Morgan fingerprint density at radius 1 is 1.43 bits per heavy atom. The van der Waals surface area contributed by atoms with E-state index in [9.17, 15) is 4.39 Å². The van der Waals surface area contributed by atoms with Crippen LogP contribution in [0.3, 0.4) is 0 Å². The maximum absolute atomic E-state index is 13.9. The molecular weight excluding hydrogens is 291 g/mol. The summed E-state index contributed by atoms with van der Waals surface area (Å²) in [7, 11) is 0. The summed E-state index contributed by atoms with van der Waals surface area (Å²) >= 11 is 0. The summed E-state index contributed by atoms with van der Waals surface area (Å²) in [5.41, 5.74) is 1.03. The third-order valence-corrected chi connectivity index (χ3v) is 4.47. The molecule has 2 aliphatic rings. The van der Waals surface area contributed by atoms with Gasteiger partial charge in [0.2, 0.25) is 0 Å². The number of nitrogens with zero attached hydrogens (tertiary/aromatic N) is 1. The van der Waals surface area contributed by atoms with Gasteiger partial charge in [-0.25, -0.2) is 4.39 Å². The molecule has 0 aliphatic carbocycles. The van der Waals surface area contributed by atoms with E-state index in [4.69, 9.17) is 4.74 Å². The first kappa shape index (κ1) is 16.7. The van der Waals surface area contributed by atoms with E-state index >= 15 is 0 Å². The molecular formula is C16H24ClFN2O. The van der Waals surface area contributed by atoms with Crippen molar-refractivity contribution in [2.75, 3.05) is 39.3 Å². The second kappa shape index (κ2) is 7.05. The van der Waals surface area contributed by atoms with Crippen molar-refractivity contribution in [2.24, 2.45) is 5.41 Å². The minimum atomic E-state index is -0.159. The van der Waals surface area contributed by atoms with Crippen LogP contribution in [0, 0.1) is 11.2 Å². The molecule has 0 amide bonds. The van der Waals surface area contributed by atoms with Gasteiger partial charge in [-0.2, -0.15) is 0 Å². The van der Waals surface area contributed by atoms with Gasteiger partial charge in [0.1, 0.15) is 5.82 Å². The number of halogens is 2. The molecule has 2 atom stereocenters. The molecule has 118 valence electrons. The lowest BCUT2D eigenvalue weighted by molar-refractivity contribution is -0.0414. The Bertz CT molecular complexity index is 465. The molecule has 2 unspecified atom stereocenters. The van der Waals surface area contributed by atoms with E-state index in [1.54, 1.807) is 6.07 Å². The largest absolute Gasteiger partial charge is 0.371 e. The maximum atomic E-state index is 13.9. The zero-order valence-corrected chi connectivity index (χ0v) is 13.3. The van der Waals surface area contributed by atoms with Gasteiger partial charge in [0, 0.05) is 31.7 Å². The molecule has 2 aliphatic heterocycles. The highest BCUT2D eigenvalue weighted by atomic mass is 35.5. The predicted octanol–water partition coefficient (Wildman–Crippen LogP) is 2.62. The smallest absolute Gasteiger partial charge is 0.129 e. The Labute approximate surface area is 132 Å². The van der Waals surface area contributed by atoms with Crippen LogP contribution in [0.1, 0.15) is 25.0 Å². The fourth-order valence-corrected chi connectivity index (χ4v) is 3.31. The lowest BCUT2D eigenvalue weighted by atomic mass is 9.89. The number of hydrogen-bond acceptors (Lipinski definition) is 3. The zero-order valence-electron chi connectivity index (χ0n) is 12.5. The SMILES string of the molecule is CC1(CN2CCOC(c3ccccc3F)C2)CCNC1.Cl. The molecule has 1 N–H and O–H groups in total. The molecule has 21 heavy (non-hydrogen) atoms. The highest BCUT2D eigenvalue weighted by Gasteiger charge is 2.33. The van der Waals surface area contributed by atoms with Crippen LogP contribution in [0.2, 0.25) is 0 Å². The Balaban J connectivity index is 0.00000161. The molecule has 3 rings (SSSR count). The monoisotopic (exact) mass is 314 g/mol. The van der Waals surface area contributed by atoms with Crippen molar-refractivity contribution in [2.45, 2.75) is 19.4 Å². The van der Waals surface area contributed by atoms with Gasteiger partial charge in [0.05, 0.1) is 12.7 Å². The minimum Gasteiger partial charge on any atom is -0.371 e. The molecule has 0 saturated carbocycles. The van der Waals surface area contributed by atoms with Crippen molar-refractivity contribution in [1.29, 1.82) is 0 Å². The quantitative estimate of drug-likeness (QED) is 0.928. The van der Waals surface area contributed by atoms with Crippen molar-refractivity contribution >= 4 is 12.4 Å². The Kier molecular flexibility index (Phi) is 5.60. The van der Waals surface area contributed by atoms with Gasteiger partial charge < -0.3 is 10.1 Å². The van der Waals surface area contributed by atoms with E-state index in [1.165, 1.54) is 12.5 Å². The molecule has 2 saturated heterocycles. The normalized spacial score (nSPS) is 30.1. The molecule has 5 heteroatoms. The lowest BCUT2D eigenvalue weighted by Gasteiger charge is -2.37. The summed E-state index contributed by atoms with van der Waals surface area (Å²) in [4.78, 5) is 2.42. The van der Waals surface area contributed by atoms with Crippen molar-refractivity contribution in [3.05, 3.63) is 35.6 Å². The third-order valence-electron chi connectivity index (χ3n) is 4.47. The van der Waals surface area contributed by atoms with Crippen LogP contribution in [0.25, 0.3) is 0 Å². The van der Waals surface area contributed by atoms with Gasteiger partial charge >= 0.3 is 0 Å². The number of rotatable bonds is 3. The van der Waals surface area contributed by atoms with Crippen LogP contribution < -0.4 is 5.32 Å². The highest BCUT2D eigenvalue weighted by Crippen LogP contribution is 2.29. The fraction of sp³-hybridized carbons (Fsp3) is 0.625. The van der Waals surface area contributed by atoms with Crippen LogP contribution in [0.5, 0.6) is 0 Å². The maximum Gasteiger partial charge on any atom is 0.129 e. The summed E-state index contributed by atoms with van der Waals surface area (Å²) in [6.45, 7) is 8.00. The standard InChI is InChI=1S/C16H23FN2O.ClH/c1-16(6-7-18-11-16)12-19-8-9-20-15(10-19)13-4-2-3-5-14(13)17;/h2-5,15,18H,6-12H2,1H3;1H. The van der Waals surface area contributed by atoms with Gasteiger partial charge in [-0.1, -0.05) is 25.1 Å². The molecule has 1 aromatic rings. The summed E-state index contributed by atoms with van der Waals surface area (Å²) in [5.74, 6) is -0.159. The van der Waals surface area contributed by atoms with E-state index < -0.39 is 0 Å². The fourth-order valence-electron chi connectivity index (χ4n) is 3.31. The number of benzene rings is 1. The molecule has 3 nitrogen and oxygen atoms in total. The summed E-state index contributed by atoms with van der Waals surface area (Å²) in [5, 5.41) is 3.44. The number of morpholine rings is 1. The van der Waals surface area contributed by atoms with Crippen LogP contribution >= 0.6 is 12.4 Å². The highest BCUT2D eigenvalue weighted by molar-refractivity contribution is 5.85. The van der Waals surface area contributed by atoms with E-state index in [0.29, 0.717) is 17.6 Å². The van der Waals surface area contributed by atoms with E-state index in [2.05, 4.69) is 17.1 Å². The average Bonchev–Trinajstić information content (AvgIpc) is 2.86. The van der Waals surface area contributed by atoms with Crippen LogP contribution in [-0.2, 0) is 4.74 Å². The molecule has 0 bridgehead atoms. The molecule has 0 spiro atoms. The van der Waals surface area contributed by atoms with Crippen LogP contribution in [-0.4, -0.2) is 44.2 Å². The Morgan fingerprint density at radius 2 is 2.24 bits per heavy atom. The average molecular weight is 315 g/mol. The zero-order chi connectivity index (χ0) is 14.0. The van der Waals surface area contributed by atoms with Gasteiger partial charge in [0.25, 0.3) is 0 Å². The molecule has 0 aromatic heterocycles. The summed E-state index contributed by atoms with van der Waals surface area (Å²) in [6.07, 6.45) is 1.08. The van der Waals surface area contributed by atoms with Crippen molar-refractivity contribution in [1.82, 2.24) is 10.2 Å². The predicted molar refractivity (Wildman–Crippen MR) is 84.4 cm³/mol. The molecule has 2 fully saturated rings. The number of hydrogen-bond donors (Lipinski definition) is 1. The number of nitrogens with one attached hydrogen (secondary N) is 1. The Morgan fingerprint density at radius 3 is 2.95 bits per heavy atom. The summed E-state index contributed by atoms with van der Waals surface area (Å²) in [6, 6.07) is 6.95. The van der Waals surface area contributed by atoms with Crippen molar-refractivity contribution in [3.63, 3.8) is 0 Å². The van der Waals surface area contributed by atoms with E-state index in [1.807, 2.05) is 12.1 Å². The van der Waals surface area contributed by atoms with Crippen molar-refractivity contribution in [3.8, 4) is 0 Å². The van der Waals surface area contributed by atoms with Crippen molar-refractivity contribution < 1.29 is 9.13 Å². The first-order chi connectivity index (χ1) is 9.66. The lowest BCUT2D eigenvalue weighted by Crippen LogP contribution is -2.44. The second-order valence-corrected chi connectivity index (χ2v) is 6.35. The van der Waals surface area contributed by atoms with Crippen LogP contribution in [0.15, 0.2) is 24.3 Å². The molecule has 0 radical (unpaired) electrons. The third kappa shape index (κ3) is 3.95. The first-order valence-corrected chi connectivity index (χ1v) is 7.45. The van der Waals surface area contributed by atoms with E-state index in [0.717, 1.165) is 32.7 Å². The van der Waals surface area contributed by atoms with Crippen LogP contribution in [0.4, 0.5) is 4.39 Å².